The van der Waals surface area contributed by atoms with Gasteiger partial charge < -0.3 is 9.88 Å². The Morgan fingerprint density at radius 3 is 2.96 bits per heavy atom. The van der Waals surface area contributed by atoms with Gasteiger partial charge in [0.2, 0.25) is 10.0 Å². The predicted octanol–water partition coefficient (Wildman–Crippen LogP) is 2.02. The molecule has 3 aromatic rings. The van der Waals surface area contributed by atoms with Crippen molar-refractivity contribution < 1.29 is 8.42 Å². The Balaban J connectivity index is 1.68. The van der Waals surface area contributed by atoms with Gasteiger partial charge in [-0.05, 0) is 32.4 Å². The number of rotatable bonds is 4. The predicted molar refractivity (Wildman–Crippen MR) is 99.2 cm³/mol. The molecule has 132 valence electrons. The quantitative estimate of drug-likeness (QED) is 0.744. The van der Waals surface area contributed by atoms with Crippen LogP contribution >= 0.6 is 0 Å². The number of nitrogens with zero attached hydrogens (tertiary/aromatic N) is 3. The lowest BCUT2D eigenvalue weighted by molar-refractivity contribution is 0.553. The Morgan fingerprint density at radius 2 is 2.16 bits per heavy atom. The van der Waals surface area contributed by atoms with Crippen molar-refractivity contribution in [3.05, 3.63) is 30.7 Å². The van der Waals surface area contributed by atoms with Crippen molar-refractivity contribution in [3.63, 3.8) is 0 Å². The standard InChI is InChI=1S/C17H21N5O2S/c1-11(2)25(23,24)21-12-5-8-22(10-12)15-4-7-18-14-9-20-17-13(16(14)15)3-6-19-17/h3-4,6-7,9,11-12,18,21H,5,8,10H2,1-2H3. The van der Waals surface area contributed by atoms with Crippen LogP contribution in [0.5, 0.6) is 0 Å². The molecule has 0 aromatic carbocycles. The number of aromatic amines is 1. The van der Waals surface area contributed by atoms with Crippen LogP contribution in [0.4, 0.5) is 5.69 Å². The van der Waals surface area contributed by atoms with Crippen LogP contribution in [0.1, 0.15) is 20.3 Å². The fourth-order valence-corrected chi connectivity index (χ4v) is 4.28. The van der Waals surface area contributed by atoms with E-state index in [9.17, 15) is 8.42 Å². The highest BCUT2D eigenvalue weighted by atomic mass is 32.2. The molecule has 4 heterocycles. The van der Waals surface area contributed by atoms with Crippen molar-refractivity contribution in [2.24, 2.45) is 0 Å². The summed E-state index contributed by atoms with van der Waals surface area (Å²) in [5.41, 5.74) is 2.76. The van der Waals surface area contributed by atoms with Gasteiger partial charge in [-0.25, -0.2) is 23.1 Å². The van der Waals surface area contributed by atoms with E-state index in [2.05, 4.69) is 24.6 Å². The number of hydrogen-bond acceptors (Lipinski definition) is 5. The minimum absolute atomic E-state index is 0.0678. The van der Waals surface area contributed by atoms with Gasteiger partial charge in [0.05, 0.1) is 17.0 Å². The largest absolute Gasteiger partial charge is 0.369 e. The monoisotopic (exact) mass is 359 g/mol. The van der Waals surface area contributed by atoms with E-state index in [1.165, 1.54) is 0 Å². The zero-order chi connectivity index (χ0) is 17.6. The third-order valence-corrected chi connectivity index (χ3v) is 6.65. The summed E-state index contributed by atoms with van der Waals surface area (Å²) in [7, 11) is -3.26. The highest BCUT2D eigenvalue weighted by Gasteiger charge is 2.29. The molecule has 7 nitrogen and oxygen atoms in total. The van der Waals surface area contributed by atoms with Gasteiger partial charge in [-0.1, -0.05) is 0 Å². The summed E-state index contributed by atoms with van der Waals surface area (Å²) in [5, 5.41) is 1.67. The Morgan fingerprint density at radius 1 is 1.32 bits per heavy atom. The smallest absolute Gasteiger partial charge is 0.214 e. The molecule has 1 atom stereocenters. The van der Waals surface area contributed by atoms with Gasteiger partial charge in [-0.3, -0.25) is 0 Å². The Labute approximate surface area is 146 Å². The zero-order valence-corrected chi connectivity index (χ0v) is 15.0. The second-order valence-electron chi connectivity index (χ2n) is 6.74. The van der Waals surface area contributed by atoms with Crippen LogP contribution in [-0.2, 0) is 10.0 Å². The van der Waals surface area contributed by atoms with Crippen LogP contribution < -0.4 is 9.62 Å². The highest BCUT2D eigenvalue weighted by Crippen LogP contribution is 2.32. The number of sulfonamides is 1. The van der Waals surface area contributed by atoms with Gasteiger partial charge in [0.25, 0.3) is 0 Å². The number of aromatic nitrogens is 3. The maximum Gasteiger partial charge on any atom is 0.214 e. The van der Waals surface area contributed by atoms with Crippen LogP contribution in [0.15, 0.2) is 30.7 Å². The first kappa shape index (κ1) is 16.3. The SMILES string of the molecule is CC(C)S(=O)(=O)NC1CCN(c2cc[nH]c3cnc4nccc4c23)C1. The number of fused-ring (bicyclic) bond motifs is 3. The highest BCUT2D eigenvalue weighted by molar-refractivity contribution is 7.90. The summed E-state index contributed by atoms with van der Waals surface area (Å²) in [4.78, 5) is 14.1. The maximum absolute atomic E-state index is 12.1. The lowest BCUT2D eigenvalue weighted by Crippen LogP contribution is -2.40. The molecule has 0 amide bonds. The first-order valence-corrected chi connectivity index (χ1v) is 9.97. The second-order valence-corrected chi connectivity index (χ2v) is 9.00. The molecule has 2 N–H and O–H groups in total. The normalized spacial score (nSPS) is 18.7. The average Bonchev–Trinajstić information content (AvgIpc) is 3.22. The Kier molecular flexibility index (Phi) is 3.88. The summed E-state index contributed by atoms with van der Waals surface area (Å²) in [6, 6.07) is 3.94. The molecule has 1 fully saturated rings. The number of nitrogens with one attached hydrogen (secondary N) is 2. The van der Waals surface area contributed by atoms with E-state index in [0.717, 1.165) is 40.6 Å². The summed E-state index contributed by atoms with van der Waals surface area (Å²) in [6.45, 7) is 4.86. The molecule has 1 aliphatic heterocycles. The summed E-state index contributed by atoms with van der Waals surface area (Å²) in [6.07, 6.45) is 6.24. The molecule has 1 aliphatic rings. The molecule has 25 heavy (non-hydrogen) atoms. The summed E-state index contributed by atoms with van der Waals surface area (Å²) >= 11 is 0. The van der Waals surface area contributed by atoms with E-state index in [-0.39, 0.29) is 6.04 Å². The van der Waals surface area contributed by atoms with Crippen molar-refractivity contribution in [3.8, 4) is 0 Å². The minimum atomic E-state index is -3.26. The van der Waals surface area contributed by atoms with Gasteiger partial charge in [0.1, 0.15) is 0 Å². The summed E-state index contributed by atoms with van der Waals surface area (Å²) < 4.78 is 27.1. The van der Waals surface area contributed by atoms with Gasteiger partial charge in [-0.15, -0.1) is 0 Å². The number of hydrogen-bond donors (Lipinski definition) is 2. The molecule has 0 aliphatic carbocycles. The van der Waals surface area contributed by atoms with Crippen LogP contribution in [0, 0.1) is 0 Å². The molecule has 1 unspecified atom stereocenters. The van der Waals surface area contributed by atoms with Crippen molar-refractivity contribution in [2.75, 3.05) is 18.0 Å². The van der Waals surface area contributed by atoms with Crippen molar-refractivity contribution in [2.45, 2.75) is 31.6 Å². The molecule has 1 saturated heterocycles. The molecular weight excluding hydrogens is 338 g/mol. The zero-order valence-electron chi connectivity index (χ0n) is 14.2. The van der Waals surface area contributed by atoms with E-state index >= 15 is 0 Å². The summed E-state index contributed by atoms with van der Waals surface area (Å²) in [5.74, 6) is 0. The minimum Gasteiger partial charge on any atom is -0.369 e. The van der Waals surface area contributed by atoms with Gasteiger partial charge >= 0.3 is 0 Å². The van der Waals surface area contributed by atoms with E-state index in [0.29, 0.717) is 6.54 Å². The van der Waals surface area contributed by atoms with Crippen LogP contribution in [0.25, 0.3) is 21.9 Å². The lowest BCUT2D eigenvalue weighted by atomic mass is 10.1. The van der Waals surface area contributed by atoms with Crippen LogP contribution in [0.3, 0.4) is 0 Å². The van der Waals surface area contributed by atoms with Crippen LogP contribution in [-0.4, -0.2) is 47.8 Å². The van der Waals surface area contributed by atoms with Gasteiger partial charge in [0, 0.05) is 48.0 Å². The van der Waals surface area contributed by atoms with Gasteiger partial charge in [-0.2, -0.15) is 0 Å². The average molecular weight is 359 g/mol. The van der Waals surface area contributed by atoms with E-state index in [1.54, 1.807) is 26.2 Å². The van der Waals surface area contributed by atoms with E-state index < -0.39 is 15.3 Å². The fraction of sp³-hybridized carbons (Fsp3) is 0.412. The lowest BCUT2D eigenvalue weighted by Gasteiger charge is -2.21. The second kappa shape index (κ2) is 5.96. The molecule has 0 saturated carbocycles. The molecule has 0 bridgehead atoms. The first-order chi connectivity index (χ1) is 12.0. The van der Waals surface area contributed by atoms with Crippen molar-refractivity contribution >= 4 is 37.6 Å². The van der Waals surface area contributed by atoms with E-state index in [4.69, 9.17) is 0 Å². The molecule has 0 radical (unpaired) electrons. The van der Waals surface area contributed by atoms with Crippen molar-refractivity contribution in [1.82, 2.24) is 19.7 Å². The number of anilines is 1. The number of pyridine rings is 2. The molecule has 0 spiro atoms. The Bertz CT molecular complexity index is 1030. The third-order valence-electron chi connectivity index (χ3n) is 4.75. The first-order valence-electron chi connectivity index (χ1n) is 8.42. The van der Waals surface area contributed by atoms with Gasteiger partial charge in [0.15, 0.2) is 5.65 Å². The molecule has 8 heteroatoms. The third kappa shape index (κ3) is 2.85. The van der Waals surface area contributed by atoms with Crippen molar-refractivity contribution in [1.29, 1.82) is 0 Å². The molecule has 4 rings (SSSR count). The topological polar surface area (TPSA) is 91.0 Å². The maximum atomic E-state index is 12.1. The van der Waals surface area contributed by atoms with E-state index in [1.807, 2.05) is 18.3 Å². The Hall–Kier alpha value is -2.19. The molecular formula is C17H21N5O2S. The fourth-order valence-electron chi connectivity index (χ4n) is 3.35. The van der Waals surface area contributed by atoms with Crippen LogP contribution in [0.2, 0.25) is 0 Å². The molecule has 3 aromatic heterocycles. The number of H-pyrrole nitrogens is 1.